The normalized spacial score (nSPS) is 14.3. The number of aromatic nitrogens is 4. The maximum Gasteiger partial charge on any atom is 0.416 e. The van der Waals surface area contributed by atoms with Crippen molar-refractivity contribution in [2.75, 3.05) is 55.9 Å². The van der Waals surface area contributed by atoms with Crippen molar-refractivity contribution >= 4 is 40.1 Å². The molecule has 4 aromatic rings. The van der Waals surface area contributed by atoms with E-state index in [4.69, 9.17) is 9.72 Å². The van der Waals surface area contributed by atoms with Gasteiger partial charge in [-0.05, 0) is 49.9 Å². The van der Waals surface area contributed by atoms with Crippen LogP contribution in [-0.2, 0) is 6.18 Å². The van der Waals surface area contributed by atoms with Gasteiger partial charge in [0.1, 0.15) is 23.1 Å². The van der Waals surface area contributed by atoms with Crippen LogP contribution in [0.3, 0.4) is 0 Å². The van der Waals surface area contributed by atoms with Crippen molar-refractivity contribution in [1.29, 1.82) is 0 Å². The Morgan fingerprint density at radius 1 is 1.02 bits per heavy atom. The van der Waals surface area contributed by atoms with Crippen LogP contribution < -0.4 is 20.3 Å². The molecule has 0 saturated carbocycles. The van der Waals surface area contributed by atoms with E-state index in [0.29, 0.717) is 34.2 Å². The average molecular weight is 553 g/mol. The molecule has 1 fully saturated rings. The number of methoxy groups -OCH3 is 1. The summed E-state index contributed by atoms with van der Waals surface area (Å²) in [5.74, 6) is 0.328. The summed E-state index contributed by atoms with van der Waals surface area (Å²) in [5.41, 5.74) is 1.75. The Morgan fingerprint density at radius 3 is 2.52 bits per heavy atom. The first-order chi connectivity index (χ1) is 19.1. The SMILES string of the molecule is COc1ccc(C(F)(F)F)cc1C(=O)Nc1ccc(C)c(Nc2ncnc3cnc(N4CCN(C)CC4)nc23)c1. The number of nitrogens with one attached hydrogen (secondary N) is 2. The van der Waals surface area contributed by atoms with Crippen molar-refractivity contribution in [2.45, 2.75) is 13.1 Å². The second kappa shape index (κ2) is 10.9. The highest BCUT2D eigenvalue weighted by molar-refractivity contribution is 6.06. The van der Waals surface area contributed by atoms with Crippen molar-refractivity contribution in [1.82, 2.24) is 24.8 Å². The molecule has 0 atom stereocenters. The third-order valence-corrected chi connectivity index (χ3v) is 6.67. The zero-order valence-corrected chi connectivity index (χ0v) is 22.1. The minimum atomic E-state index is -4.60. The number of alkyl halides is 3. The molecule has 2 aromatic heterocycles. The van der Waals surface area contributed by atoms with Gasteiger partial charge in [0.05, 0.1) is 24.4 Å². The van der Waals surface area contributed by atoms with Crippen LogP contribution in [0.15, 0.2) is 48.9 Å². The summed E-state index contributed by atoms with van der Waals surface area (Å²) < 4.78 is 44.9. The summed E-state index contributed by atoms with van der Waals surface area (Å²) in [7, 11) is 3.36. The number of carbonyl (C=O) groups excluding carboxylic acids is 1. The van der Waals surface area contributed by atoms with Gasteiger partial charge in [-0.15, -0.1) is 0 Å². The molecule has 1 saturated heterocycles. The number of hydrogen-bond acceptors (Lipinski definition) is 9. The Labute approximate surface area is 228 Å². The highest BCUT2D eigenvalue weighted by atomic mass is 19.4. The van der Waals surface area contributed by atoms with Gasteiger partial charge >= 0.3 is 6.18 Å². The average Bonchev–Trinajstić information content (AvgIpc) is 2.94. The molecule has 3 heterocycles. The molecular formula is C27H27F3N8O2. The van der Waals surface area contributed by atoms with Gasteiger partial charge in [-0.1, -0.05) is 6.07 Å². The van der Waals surface area contributed by atoms with Crippen LogP contribution in [0.2, 0.25) is 0 Å². The molecule has 2 aromatic carbocycles. The fourth-order valence-corrected chi connectivity index (χ4v) is 4.32. The predicted molar refractivity (Wildman–Crippen MR) is 145 cm³/mol. The fraction of sp³-hybridized carbons (Fsp3) is 0.296. The third-order valence-electron chi connectivity index (χ3n) is 6.67. The van der Waals surface area contributed by atoms with Crippen molar-refractivity contribution in [2.24, 2.45) is 0 Å². The number of anilines is 4. The molecule has 0 aliphatic carbocycles. The number of amides is 1. The van der Waals surface area contributed by atoms with Gasteiger partial charge in [0, 0.05) is 37.6 Å². The smallest absolute Gasteiger partial charge is 0.416 e. The Bertz CT molecular complexity index is 1560. The molecule has 13 heteroatoms. The van der Waals surface area contributed by atoms with Gasteiger partial charge < -0.3 is 25.2 Å². The number of fused-ring (bicyclic) bond motifs is 1. The highest BCUT2D eigenvalue weighted by Crippen LogP contribution is 2.33. The van der Waals surface area contributed by atoms with Crippen LogP contribution in [0.1, 0.15) is 21.5 Å². The number of halogens is 3. The van der Waals surface area contributed by atoms with Crippen molar-refractivity contribution in [3.8, 4) is 5.75 Å². The first-order valence-electron chi connectivity index (χ1n) is 12.5. The predicted octanol–water partition coefficient (Wildman–Crippen LogP) is 4.50. The van der Waals surface area contributed by atoms with Gasteiger partial charge in [-0.25, -0.2) is 19.9 Å². The van der Waals surface area contributed by atoms with Gasteiger partial charge in [0.2, 0.25) is 5.95 Å². The molecule has 1 amide bonds. The van der Waals surface area contributed by atoms with Gasteiger partial charge in [-0.3, -0.25) is 4.79 Å². The van der Waals surface area contributed by atoms with E-state index in [1.165, 1.54) is 13.4 Å². The van der Waals surface area contributed by atoms with E-state index in [-0.39, 0.29) is 11.3 Å². The number of rotatable bonds is 6. The number of nitrogens with zero attached hydrogens (tertiary/aromatic N) is 6. The highest BCUT2D eigenvalue weighted by Gasteiger charge is 2.32. The van der Waals surface area contributed by atoms with E-state index in [1.54, 1.807) is 24.4 Å². The lowest BCUT2D eigenvalue weighted by Gasteiger charge is -2.32. The summed E-state index contributed by atoms with van der Waals surface area (Å²) in [6, 6.07) is 7.86. The zero-order chi connectivity index (χ0) is 28.4. The van der Waals surface area contributed by atoms with Crippen LogP contribution in [0.5, 0.6) is 5.75 Å². The lowest BCUT2D eigenvalue weighted by Crippen LogP contribution is -2.45. The minimum Gasteiger partial charge on any atom is -0.496 e. The number of hydrogen-bond donors (Lipinski definition) is 2. The minimum absolute atomic E-state index is 0.0271. The molecular weight excluding hydrogens is 525 g/mol. The standard InChI is InChI=1S/C27H27F3N8O2/c1-16-4-6-18(34-25(39)19-12-17(27(28,29)30)5-7-22(19)40-3)13-20(16)35-24-23-21(32-15-33-24)14-31-26(36-23)38-10-8-37(2)9-11-38/h4-7,12-15H,8-11H2,1-3H3,(H,34,39)(H,32,33,35). The van der Waals surface area contributed by atoms with Gasteiger partial charge in [0.15, 0.2) is 5.82 Å². The molecule has 0 bridgehead atoms. The van der Waals surface area contributed by atoms with Crippen molar-refractivity contribution in [3.05, 3.63) is 65.6 Å². The lowest BCUT2D eigenvalue weighted by atomic mass is 10.1. The third kappa shape index (κ3) is 5.73. The molecule has 0 spiro atoms. The number of aryl methyl sites for hydroxylation is 1. The summed E-state index contributed by atoms with van der Waals surface area (Å²) in [5, 5.41) is 5.93. The largest absolute Gasteiger partial charge is 0.496 e. The number of ether oxygens (including phenoxy) is 1. The van der Waals surface area contributed by atoms with Crippen LogP contribution in [0.4, 0.5) is 36.3 Å². The number of likely N-dealkylation sites (N-methyl/N-ethyl adjacent to an activating group) is 1. The van der Waals surface area contributed by atoms with Crippen molar-refractivity contribution in [3.63, 3.8) is 0 Å². The molecule has 0 unspecified atom stereocenters. The molecule has 1 aliphatic heterocycles. The van der Waals surface area contributed by atoms with Gasteiger partial charge in [-0.2, -0.15) is 13.2 Å². The van der Waals surface area contributed by atoms with E-state index in [9.17, 15) is 18.0 Å². The molecule has 2 N–H and O–H groups in total. The second-order valence-electron chi connectivity index (χ2n) is 9.44. The molecule has 0 radical (unpaired) electrons. The zero-order valence-electron chi connectivity index (χ0n) is 22.1. The van der Waals surface area contributed by atoms with E-state index < -0.39 is 17.6 Å². The number of piperazine rings is 1. The Kier molecular flexibility index (Phi) is 7.39. The molecule has 1 aliphatic rings. The topological polar surface area (TPSA) is 108 Å². The lowest BCUT2D eigenvalue weighted by molar-refractivity contribution is -0.137. The molecule has 40 heavy (non-hydrogen) atoms. The monoisotopic (exact) mass is 552 g/mol. The first-order valence-corrected chi connectivity index (χ1v) is 12.5. The van der Waals surface area contributed by atoms with Crippen molar-refractivity contribution < 1.29 is 22.7 Å². The van der Waals surface area contributed by atoms with E-state index in [1.807, 2.05) is 6.92 Å². The van der Waals surface area contributed by atoms with Crippen LogP contribution in [0.25, 0.3) is 11.0 Å². The second-order valence-corrected chi connectivity index (χ2v) is 9.44. The van der Waals surface area contributed by atoms with Gasteiger partial charge in [0.25, 0.3) is 5.91 Å². The maximum atomic E-state index is 13.3. The quantitative estimate of drug-likeness (QED) is 0.357. The fourth-order valence-electron chi connectivity index (χ4n) is 4.32. The van der Waals surface area contributed by atoms with E-state index in [0.717, 1.165) is 49.9 Å². The Hall–Kier alpha value is -4.52. The summed E-state index contributed by atoms with van der Waals surface area (Å²) in [4.78, 5) is 35.2. The van der Waals surface area contributed by atoms with E-state index >= 15 is 0 Å². The van der Waals surface area contributed by atoms with Crippen LogP contribution >= 0.6 is 0 Å². The van der Waals surface area contributed by atoms with Crippen LogP contribution in [-0.4, -0.2) is 71.1 Å². The number of carbonyl (C=O) groups is 1. The Morgan fingerprint density at radius 2 is 1.80 bits per heavy atom. The number of benzene rings is 2. The first kappa shape index (κ1) is 27.1. The Balaban J connectivity index is 1.41. The summed E-state index contributed by atoms with van der Waals surface area (Å²) in [6.07, 6.45) is -1.53. The maximum absolute atomic E-state index is 13.3. The molecule has 5 rings (SSSR count). The molecule has 208 valence electrons. The summed E-state index contributed by atoms with van der Waals surface area (Å²) in [6.45, 7) is 5.29. The summed E-state index contributed by atoms with van der Waals surface area (Å²) >= 11 is 0. The molecule has 10 nitrogen and oxygen atoms in total. The van der Waals surface area contributed by atoms with E-state index in [2.05, 4.69) is 42.4 Å². The van der Waals surface area contributed by atoms with Crippen LogP contribution in [0, 0.1) is 6.92 Å².